The third kappa shape index (κ3) is 3.14. The molecule has 9 nitrogen and oxygen atoms in total. The fraction of sp³-hybridized carbons (Fsp3) is 0.200. The highest BCUT2D eigenvalue weighted by Gasteiger charge is 2.50. The lowest BCUT2D eigenvalue weighted by atomic mass is 9.92. The smallest absolute Gasteiger partial charge is 0.329 e. The second kappa shape index (κ2) is 6.77. The number of nitrogens with zero attached hydrogens (tertiary/aromatic N) is 3. The van der Waals surface area contributed by atoms with Crippen LogP contribution in [0.25, 0.3) is 11.5 Å². The Balaban J connectivity index is 1.74. The SMILES string of the molecule is Cc1ccc(-c2nnco2)cc1N1C(=O)N[C@](C)(c2ccc(S(C)(=O)=O)cc2)C1=O. The Morgan fingerprint density at radius 3 is 2.40 bits per heavy atom. The normalized spacial score (nSPS) is 19.2. The van der Waals surface area contributed by atoms with Crippen LogP contribution in [0.1, 0.15) is 18.1 Å². The Morgan fingerprint density at radius 1 is 1.10 bits per heavy atom. The predicted octanol–water partition coefficient (Wildman–Crippen LogP) is 2.42. The summed E-state index contributed by atoms with van der Waals surface area (Å²) >= 11 is 0. The summed E-state index contributed by atoms with van der Waals surface area (Å²) < 4.78 is 28.6. The van der Waals surface area contributed by atoms with Gasteiger partial charge < -0.3 is 9.73 Å². The minimum atomic E-state index is -3.38. The summed E-state index contributed by atoms with van der Waals surface area (Å²) in [5, 5.41) is 10.2. The van der Waals surface area contributed by atoms with Crippen molar-refractivity contribution in [2.45, 2.75) is 24.3 Å². The van der Waals surface area contributed by atoms with Crippen LogP contribution in [0, 0.1) is 6.92 Å². The van der Waals surface area contributed by atoms with Gasteiger partial charge in [0, 0.05) is 11.8 Å². The molecular formula is C20H18N4O5S. The van der Waals surface area contributed by atoms with Crippen LogP contribution < -0.4 is 10.2 Å². The highest BCUT2D eigenvalue weighted by atomic mass is 32.2. The lowest BCUT2D eigenvalue weighted by Gasteiger charge is -2.23. The number of sulfone groups is 1. The standard InChI is InChI=1S/C20H18N4O5S/c1-12-4-5-13(17-23-21-11-29-17)10-16(12)24-18(25)20(2,22-19(24)26)14-6-8-15(9-7-14)30(3,27)28/h4-11H,1-3H3,(H,22,26)/t20-/m1/s1. The molecule has 0 unspecified atom stereocenters. The van der Waals surface area contributed by atoms with E-state index in [1.165, 1.54) is 30.7 Å². The molecule has 30 heavy (non-hydrogen) atoms. The van der Waals surface area contributed by atoms with E-state index in [4.69, 9.17) is 4.42 Å². The number of hydrogen-bond acceptors (Lipinski definition) is 7. The fourth-order valence-corrected chi connectivity index (χ4v) is 4.00. The van der Waals surface area contributed by atoms with Crippen LogP contribution in [0.5, 0.6) is 0 Å². The molecule has 1 fully saturated rings. The predicted molar refractivity (Wildman–Crippen MR) is 107 cm³/mol. The summed E-state index contributed by atoms with van der Waals surface area (Å²) in [7, 11) is -3.38. The summed E-state index contributed by atoms with van der Waals surface area (Å²) in [4.78, 5) is 27.3. The number of benzene rings is 2. The Morgan fingerprint density at radius 2 is 1.80 bits per heavy atom. The molecule has 4 rings (SSSR count). The van der Waals surface area contributed by atoms with Crippen molar-refractivity contribution in [1.29, 1.82) is 0 Å². The van der Waals surface area contributed by atoms with Crippen LogP contribution in [0.3, 0.4) is 0 Å². The van der Waals surface area contributed by atoms with Crippen molar-refractivity contribution < 1.29 is 22.4 Å². The van der Waals surface area contributed by atoms with E-state index in [0.717, 1.165) is 11.2 Å². The number of aromatic nitrogens is 2. The van der Waals surface area contributed by atoms with Gasteiger partial charge in [-0.25, -0.2) is 18.1 Å². The van der Waals surface area contributed by atoms with Gasteiger partial charge in [0.2, 0.25) is 12.3 Å². The highest BCUT2D eigenvalue weighted by Crippen LogP contribution is 2.35. The largest absolute Gasteiger partial charge is 0.423 e. The van der Waals surface area contributed by atoms with E-state index < -0.39 is 27.3 Å². The van der Waals surface area contributed by atoms with Crippen molar-refractivity contribution in [3.05, 3.63) is 60.0 Å². The number of anilines is 1. The van der Waals surface area contributed by atoms with E-state index in [-0.39, 0.29) is 10.8 Å². The van der Waals surface area contributed by atoms with E-state index in [2.05, 4.69) is 15.5 Å². The Labute approximate surface area is 172 Å². The zero-order chi connectivity index (χ0) is 21.7. The lowest BCUT2D eigenvalue weighted by Crippen LogP contribution is -2.41. The van der Waals surface area contributed by atoms with Gasteiger partial charge in [0.15, 0.2) is 9.84 Å². The second-order valence-corrected chi connectivity index (χ2v) is 9.25. The Kier molecular flexibility index (Phi) is 4.46. The first-order valence-electron chi connectivity index (χ1n) is 8.96. The monoisotopic (exact) mass is 426 g/mol. The molecule has 1 aliphatic heterocycles. The molecule has 0 radical (unpaired) electrons. The molecule has 0 saturated carbocycles. The maximum atomic E-state index is 13.3. The first-order chi connectivity index (χ1) is 14.1. The van der Waals surface area contributed by atoms with Gasteiger partial charge in [0.25, 0.3) is 5.91 Å². The van der Waals surface area contributed by atoms with E-state index in [1.807, 2.05) is 0 Å². The Hall–Kier alpha value is -3.53. The Bertz CT molecular complexity index is 1250. The molecule has 10 heteroatoms. The third-order valence-electron chi connectivity index (χ3n) is 5.11. The number of carbonyl (C=O) groups excluding carboxylic acids is 2. The molecule has 2 heterocycles. The van der Waals surface area contributed by atoms with Crippen molar-refractivity contribution in [2.75, 3.05) is 11.2 Å². The number of carbonyl (C=O) groups is 2. The molecule has 1 atom stereocenters. The number of nitrogens with one attached hydrogen (secondary N) is 1. The van der Waals surface area contributed by atoms with Crippen LogP contribution >= 0.6 is 0 Å². The molecule has 1 aromatic heterocycles. The first-order valence-corrected chi connectivity index (χ1v) is 10.8. The summed E-state index contributed by atoms with van der Waals surface area (Å²) in [6, 6.07) is 10.5. The summed E-state index contributed by atoms with van der Waals surface area (Å²) in [6.07, 6.45) is 2.30. The van der Waals surface area contributed by atoms with Crippen molar-refractivity contribution in [3.63, 3.8) is 0 Å². The maximum Gasteiger partial charge on any atom is 0.329 e. The van der Waals surface area contributed by atoms with Crippen LogP contribution in [-0.4, -0.2) is 36.8 Å². The number of amides is 3. The fourth-order valence-electron chi connectivity index (χ4n) is 3.37. The molecule has 2 aromatic carbocycles. The number of imide groups is 1. The highest BCUT2D eigenvalue weighted by molar-refractivity contribution is 7.90. The molecule has 3 amide bonds. The summed E-state index contributed by atoms with van der Waals surface area (Å²) in [6.45, 7) is 3.37. The first kappa shape index (κ1) is 19.8. The van der Waals surface area contributed by atoms with Gasteiger partial charge in [-0.1, -0.05) is 18.2 Å². The summed E-state index contributed by atoms with van der Waals surface area (Å²) in [5.74, 6) is -0.215. The van der Waals surface area contributed by atoms with Crippen LogP contribution in [0.2, 0.25) is 0 Å². The zero-order valence-electron chi connectivity index (χ0n) is 16.4. The van der Waals surface area contributed by atoms with Gasteiger partial charge in [0.05, 0.1) is 10.6 Å². The van der Waals surface area contributed by atoms with Gasteiger partial charge in [0.1, 0.15) is 5.54 Å². The van der Waals surface area contributed by atoms with E-state index in [1.54, 1.807) is 32.0 Å². The number of rotatable bonds is 4. The van der Waals surface area contributed by atoms with Crippen molar-refractivity contribution in [3.8, 4) is 11.5 Å². The molecule has 0 bridgehead atoms. The molecule has 1 N–H and O–H groups in total. The van der Waals surface area contributed by atoms with E-state index >= 15 is 0 Å². The molecule has 154 valence electrons. The van der Waals surface area contributed by atoms with Crippen molar-refractivity contribution in [2.24, 2.45) is 0 Å². The molecule has 0 spiro atoms. The molecule has 0 aliphatic carbocycles. The number of hydrogen-bond donors (Lipinski definition) is 1. The van der Waals surface area contributed by atoms with Gasteiger partial charge in [-0.2, -0.15) is 0 Å². The lowest BCUT2D eigenvalue weighted by molar-refractivity contribution is -0.121. The number of urea groups is 1. The quantitative estimate of drug-likeness (QED) is 0.636. The molecule has 1 aliphatic rings. The average molecular weight is 426 g/mol. The maximum absolute atomic E-state index is 13.3. The van der Waals surface area contributed by atoms with E-state index in [9.17, 15) is 18.0 Å². The van der Waals surface area contributed by atoms with Crippen LogP contribution in [0.15, 0.2) is 58.2 Å². The minimum absolute atomic E-state index is 0.131. The average Bonchev–Trinajstić information content (AvgIpc) is 3.30. The van der Waals surface area contributed by atoms with Gasteiger partial charge in [-0.3, -0.25) is 4.79 Å². The van der Waals surface area contributed by atoms with E-state index in [0.29, 0.717) is 22.4 Å². The van der Waals surface area contributed by atoms with Gasteiger partial charge >= 0.3 is 6.03 Å². The zero-order valence-corrected chi connectivity index (χ0v) is 17.2. The number of aryl methyl sites for hydroxylation is 1. The van der Waals surface area contributed by atoms with Crippen LogP contribution in [-0.2, 0) is 20.2 Å². The van der Waals surface area contributed by atoms with Crippen LogP contribution in [0.4, 0.5) is 10.5 Å². The topological polar surface area (TPSA) is 122 Å². The minimum Gasteiger partial charge on any atom is -0.423 e. The van der Waals surface area contributed by atoms with Gasteiger partial charge in [-0.15, -0.1) is 10.2 Å². The molecule has 1 saturated heterocycles. The summed E-state index contributed by atoms with van der Waals surface area (Å²) in [5.41, 5.74) is 0.796. The van der Waals surface area contributed by atoms with Gasteiger partial charge in [-0.05, 0) is 49.2 Å². The molecule has 3 aromatic rings. The van der Waals surface area contributed by atoms with Crippen molar-refractivity contribution in [1.82, 2.24) is 15.5 Å². The second-order valence-electron chi connectivity index (χ2n) is 7.24. The third-order valence-corrected chi connectivity index (χ3v) is 6.24. The van der Waals surface area contributed by atoms with Crippen molar-refractivity contribution >= 4 is 27.5 Å². The molecular weight excluding hydrogens is 408 g/mol.